The van der Waals surface area contributed by atoms with Gasteiger partial charge in [0.25, 0.3) is 0 Å². The number of anilines is 1. The maximum Gasteiger partial charge on any atom is 0.303 e. The minimum absolute atomic E-state index is 0.0375. The number of hydrogen-bond acceptors (Lipinski definition) is 10. The lowest BCUT2D eigenvalue weighted by Crippen LogP contribution is -2.48. The van der Waals surface area contributed by atoms with Crippen molar-refractivity contribution in [2.24, 2.45) is 5.16 Å². The van der Waals surface area contributed by atoms with Crippen molar-refractivity contribution in [2.75, 3.05) is 31.2 Å². The van der Waals surface area contributed by atoms with Crippen LogP contribution in [0.4, 0.5) is 10.3 Å². The van der Waals surface area contributed by atoms with E-state index < -0.39 is 23.9 Å². The van der Waals surface area contributed by atoms with Crippen molar-refractivity contribution < 1.29 is 33.4 Å². The summed E-state index contributed by atoms with van der Waals surface area (Å²) in [5, 5.41) is 13.3. The van der Waals surface area contributed by atoms with Crippen molar-refractivity contribution >= 4 is 23.6 Å². The molecule has 1 aromatic carbocycles. The van der Waals surface area contributed by atoms with E-state index in [0.717, 1.165) is 5.71 Å². The molecule has 1 aliphatic rings. The van der Waals surface area contributed by atoms with Gasteiger partial charge in [0.05, 0.1) is 25.4 Å². The number of halogens is 1. The summed E-state index contributed by atoms with van der Waals surface area (Å²) >= 11 is 0. The molecule has 1 atom stereocenters. The number of aliphatic hydroxyl groups excluding tert-OH is 1. The van der Waals surface area contributed by atoms with E-state index in [9.17, 15) is 19.1 Å². The van der Waals surface area contributed by atoms with Gasteiger partial charge in [-0.1, -0.05) is 23.4 Å². The van der Waals surface area contributed by atoms with Gasteiger partial charge in [0.2, 0.25) is 5.95 Å². The van der Waals surface area contributed by atoms with Gasteiger partial charge in [-0.2, -0.15) is 0 Å². The zero-order valence-electron chi connectivity index (χ0n) is 18.4. The fourth-order valence-corrected chi connectivity index (χ4v) is 3.08. The predicted molar refractivity (Wildman–Crippen MR) is 116 cm³/mol. The van der Waals surface area contributed by atoms with E-state index in [4.69, 9.17) is 14.3 Å². The highest BCUT2D eigenvalue weighted by Gasteiger charge is 2.25. The molecule has 0 saturated carbocycles. The monoisotopic (exact) mass is 460 g/mol. The summed E-state index contributed by atoms with van der Waals surface area (Å²) in [7, 11) is 0. The summed E-state index contributed by atoms with van der Waals surface area (Å²) in [6.07, 6.45) is 2.79. The van der Waals surface area contributed by atoms with Crippen LogP contribution in [0.15, 0.2) is 35.7 Å². The topological polar surface area (TPSA) is 123 Å². The van der Waals surface area contributed by atoms with Gasteiger partial charge < -0.3 is 24.3 Å². The maximum atomic E-state index is 14.4. The third-order valence-electron chi connectivity index (χ3n) is 4.76. The molecular weight excluding hydrogens is 435 g/mol. The van der Waals surface area contributed by atoms with Crippen LogP contribution >= 0.6 is 0 Å². The maximum absolute atomic E-state index is 14.4. The van der Waals surface area contributed by atoms with Crippen molar-refractivity contribution in [1.82, 2.24) is 9.97 Å². The fourth-order valence-electron chi connectivity index (χ4n) is 3.08. The molecule has 3 rings (SSSR count). The zero-order valence-corrected chi connectivity index (χ0v) is 18.4. The quantitative estimate of drug-likeness (QED) is 0.321. The normalized spacial score (nSPS) is 13.7. The van der Waals surface area contributed by atoms with Crippen LogP contribution in [-0.4, -0.2) is 65.1 Å². The molecule has 10 nitrogen and oxygen atoms in total. The molecule has 1 fully saturated rings. The van der Waals surface area contributed by atoms with E-state index in [-0.39, 0.29) is 25.4 Å². The molecule has 2 aromatic rings. The number of hydrogen-bond donors (Lipinski definition) is 1. The zero-order chi connectivity index (χ0) is 23.8. The van der Waals surface area contributed by atoms with Gasteiger partial charge in [-0.3, -0.25) is 9.59 Å². The van der Waals surface area contributed by atoms with E-state index in [2.05, 4.69) is 15.1 Å². The van der Waals surface area contributed by atoms with Crippen LogP contribution in [0.2, 0.25) is 0 Å². The highest BCUT2D eigenvalue weighted by molar-refractivity contribution is 5.98. The molecule has 0 aliphatic carbocycles. The number of carbonyl (C=O) groups excluding carboxylic acids is 2. The Morgan fingerprint density at radius 2 is 1.94 bits per heavy atom. The number of ether oxygens (including phenoxy) is 2. The standard InChI is InChI=1S/C22H25FN4O6/c1-14(29)31-13-19(33-15(2)30)6-7-32-26-18-10-27(11-18)22-24-8-17(9-25-22)20-5-3-4-16(12-28)21(20)23/h3-5,8-9,19,28H,6-7,10-13H2,1-2H3. The number of nitrogens with zero attached hydrogens (tertiary/aromatic N) is 4. The number of oxime groups is 1. The Kier molecular flexibility index (Phi) is 8.25. The summed E-state index contributed by atoms with van der Waals surface area (Å²) in [5.74, 6) is -0.937. The summed E-state index contributed by atoms with van der Waals surface area (Å²) in [6.45, 7) is 3.29. The van der Waals surface area contributed by atoms with Gasteiger partial charge in [-0.25, -0.2) is 14.4 Å². The number of carbonyl (C=O) groups is 2. The van der Waals surface area contributed by atoms with Gasteiger partial charge in [0.1, 0.15) is 25.1 Å². The average molecular weight is 460 g/mol. The van der Waals surface area contributed by atoms with Crippen molar-refractivity contribution in [3.8, 4) is 11.1 Å². The van der Waals surface area contributed by atoms with Crippen molar-refractivity contribution in [3.63, 3.8) is 0 Å². The Labute approximate surface area is 190 Å². The van der Waals surface area contributed by atoms with Gasteiger partial charge in [-0.05, 0) is 0 Å². The van der Waals surface area contributed by atoms with Crippen LogP contribution in [0.1, 0.15) is 25.8 Å². The second-order valence-corrected chi connectivity index (χ2v) is 7.38. The van der Waals surface area contributed by atoms with Crippen LogP contribution in [0.5, 0.6) is 0 Å². The highest BCUT2D eigenvalue weighted by Crippen LogP contribution is 2.25. The van der Waals surface area contributed by atoms with Crippen molar-refractivity contribution in [3.05, 3.63) is 42.0 Å². The largest absolute Gasteiger partial charge is 0.462 e. The van der Waals surface area contributed by atoms with Crippen LogP contribution in [0.3, 0.4) is 0 Å². The van der Waals surface area contributed by atoms with Crippen molar-refractivity contribution in [1.29, 1.82) is 0 Å². The molecule has 2 heterocycles. The molecule has 176 valence electrons. The highest BCUT2D eigenvalue weighted by atomic mass is 19.1. The molecular formula is C22H25FN4O6. The molecule has 1 aromatic heterocycles. The van der Waals surface area contributed by atoms with E-state index >= 15 is 0 Å². The molecule has 1 N–H and O–H groups in total. The molecule has 0 spiro atoms. The molecule has 1 unspecified atom stereocenters. The van der Waals surface area contributed by atoms with Crippen LogP contribution in [0.25, 0.3) is 11.1 Å². The first-order valence-corrected chi connectivity index (χ1v) is 10.3. The number of esters is 2. The van der Waals surface area contributed by atoms with Crippen LogP contribution in [0, 0.1) is 5.82 Å². The van der Waals surface area contributed by atoms with Gasteiger partial charge >= 0.3 is 11.9 Å². The third kappa shape index (κ3) is 6.69. The third-order valence-corrected chi connectivity index (χ3v) is 4.76. The van der Waals surface area contributed by atoms with E-state index in [1.165, 1.54) is 32.3 Å². The average Bonchev–Trinajstić information content (AvgIpc) is 2.76. The molecule has 1 aliphatic heterocycles. The van der Waals surface area contributed by atoms with Crippen LogP contribution in [-0.2, 0) is 30.5 Å². The summed E-state index contributed by atoms with van der Waals surface area (Å²) < 4.78 is 24.3. The Morgan fingerprint density at radius 1 is 1.21 bits per heavy atom. The molecule has 0 amide bonds. The van der Waals surface area contributed by atoms with Gasteiger partial charge in [0.15, 0.2) is 0 Å². The minimum atomic E-state index is -0.598. The Bertz CT molecular complexity index is 1010. The Balaban J connectivity index is 1.47. The van der Waals surface area contributed by atoms with E-state index in [1.807, 2.05) is 4.90 Å². The Morgan fingerprint density at radius 3 is 2.58 bits per heavy atom. The molecule has 1 saturated heterocycles. The lowest BCUT2D eigenvalue weighted by Gasteiger charge is -2.31. The molecule has 0 radical (unpaired) electrons. The second-order valence-electron chi connectivity index (χ2n) is 7.38. The molecule has 0 bridgehead atoms. The summed E-state index contributed by atoms with van der Waals surface area (Å²) in [6, 6.07) is 4.80. The SMILES string of the molecule is CC(=O)OCC(CCON=C1CN(c2ncc(-c3cccc(CO)c3F)cn2)C1)OC(C)=O. The number of aromatic nitrogens is 2. The number of rotatable bonds is 10. The lowest BCUT2D eigenvalue weighted by atomic mass is 10.1. The summed E-state index contributed by atoms with van der Waals surface area (Å²) in [5.41, 5.74) is 1.84. The van der Waals surface area contributed by atoms with Crippen molar-refractivity contribution in [2.45, 2.75) is 33.0 Å². The number of benzene rings is 1. The summed E-state index contributed by atoms with van der Waals surface area (Å²) in [4.78, 5) is 37.8. The fraction of sp³-hybridized carbons (Fsp3) is 0.409. The van der Waals surface area contributed by atoms with E-state index in [1.54, 1.807) is 12.1 Å². The number of aliphatic hydroxyl groups is 1. The first-order valence-electron chi connectivity index (χ1n) is 10.3. The van der Waals surface area contributed by atoms with Gasteiger partial charge in [0, 0.05) is 49.4 Å². The minimum Gasteiger partial charge on any atom is -0.462 e. The predicted octanol–water partition coefficient (Wildman–Crippen LogP) is 1.85. The molecule has 11 heteroatoms. The first-order chi connectivity index (χ1) is 15.9. The Hall–Kier alpha value is -3.60. The van der Waals surface area contributed by atoms with E-state index in [0.29, 0.717) is 36.6 Å². The second kappa shape index (κ2) is 11.3. The lowest BCUT2D eigenvalue weighted by molar-refractivity contribution is -0.157. The first kappa shape index (κ1) is 24.1. The smallest absolute Gasteiger partial charge is 0.303 e. The van der Waals surface area contributed by atoms with Crippen LogP contribution < -0.4 is 4.90 Å². The molecule has 33 heavy (non-hydrogen) atoms. The van der Waals surface area contributed by atoms with Gasteiger partial charge in [-0.15, -0.1) is 0 Å².